The molecule has 0 atom stereocenters. The minimum atomic E-state index is -0.335. The summed E-state index contributed by atoms with van der Waals surface area (Å²) in [6, 6.07) is 7.09. The quantitative estimate of drug-likeness (QED) is 0.676. The molecule has 0 saturated carbocycles. The van der Waals surface area contributed by atoms with Gasteiger partial charge in [-0.05, 0) is 44.0 Å². The molecule has 132 valence electrons. The number of rotatable bonds is 6. The van der Waals surface area contributed by atoms with Gasteiger partial charge in [-0.3, -0.25) is 14.7 Å². The molecule has 0 fully saturated rings. The second kappa shape index (κ2) is 7.01. The van der Waals surface area contributed by atoms with E-state index in [2.05, 4.69) is 17.0 Å². The van der Waals surface area contributed by atoms with Crippen LogP contribution in [0.4, 0.5) is 0 Å². The maximum Gasteiger partial charge on any atom is 0.284 e. The number of nitrogens with zero attached hydrogens (tertiary/aromatic N) is 1. The molecule has 0 aliphatic heterocycles. The Morgan fingerprint density at radius 2 is 1.84 bits per heavy atom. The van der Waals surface area contributed by atoms with Crippen molar-refractivity contribution >= 4 is 11.0 Å². The molecule has 0 radical (unpaired) electrons. The van der Waals surface area contributed by atoms with Crippen molar-refractivity contribution < 1.29 is 4.74 Å². The third-order valence-corrected chi connectivity index (χ3v) is 4.52. The van der Waals surface area contributed by atoms with E-state index in [-0.39, 0.29) is 16.4 Å². The Morgan fingerprint density at radius 1 is 1.12 bits per heavy atom. The standard InChI is InChI=1S/C19H23N3O3/c1-4-5-6-7-15-12(2)20-18-16(17(15)23)19(24)22(21-18)13-8-10-14(25-3)11-9-13/h8-11H,4-7H2,1-3H3,(H2,20,21,23). The summed E-state index contributed by atoms with van der Waals surface area (Å²) in [5.74, 6) is 0.707. The Kier molecular flexibility index (Phi) is 4.79. The molecular formula is C19H23N3O3. The van der Waals surface area contributed by atoms with Gasteiger partial charge < -0.3 is 9.72 Å². The van der Waals surface area contributed by atoms with Gasteiger partial charge >= 0.3 is 0 Å². The van der Waals surface area contributed by atoms with E-state index in [1.165, 1.54) is 4.68 Å². The highest BCUT2D eigenvalue weighted by Gasteiger charge is 2.16. The zero-order valence-electron chi connectivity index (χ0n) is 14.8. The number of benzene rings is 1. The summed E-state index contributed by atoms with van der Waals surface area (Å²) in [7, 11) is 1.59. The lowest BCUT2D eigenvalue weighted by molar-refractivity contribution is 0.414. The third kappa shape index (κ3) is 3.12. The van der Waals surface area contributed by atoms with E-state index >= 15 is 0 Å². The summed E-state index contributed by atoms with van der Waals surface area (Å²) in [6.45, 7) is 4.01. The first-order valence-electron chi connectivity index (χ1n) is 8.57. The Hall–Kier alpha value is -2.76. The predicted octanol–water partition coefficient (Wildman–Crippen LogP) is 3.06. The number of fused-ring (bicyclic) bond motifs is 1. The molecular weight excluding hydrogens is 318 g/mol. The van der Waals surface area contributed by atoms with Gasteiger partial charge in [0.25, 0.3) is 5.56 Å². The second-order valence-corrected chi connectivity index (χ2v) is 6.22. The van der Waals surface area contributed by atoms with Crippen LogP contribution in [0.25, 0.3) is 16.7 Å². The number of aryl methyl sites for hydroxylation is 1. The predicted molar refractivity (Wildman–Crippen MR) is 99.0 cm³/mol. The van der Waals surface area contributed by atoms with Crippen molar-refractivity contribution in [2.24, 2.45) is 0 Å². The summed E-state index contributed by atoms with van der Waals surface area (Å²) in [4.78, 5) is 28.8. The van der Waals surface area contributed by atoms with Gasteiger partial charge in [0, 0.05) is 11.3 Å². The van der Waals surface area contributed by atoms with Crippen LogP contribution >= 0.6 is 0 Å². The number of pyridine rings is 1. The number of unbranched alkanes of at least 4 members (excludes halogenated alkanes) is 2. The van der Waals surface area contributed by atoms with Gasteiger partial charge in [-0.2, -0.15) is 0 Å². The molecule has 3 rings (SSSR count). The van der Waals surface area contributed by atoms with Crippen LogP contribution in [-0.4, -0.2) is 21.9 Å². The normalized spacial score (nSPS) is 11.2. The van der Waals surface area contributed by atoms with Crippen molar-refractivity contribution in [2.75, 3.05) is 7.11 Å². The lowest BCUT2D eigenvalue weighted by Gasteiger charge is -2.04. The first-order valence-corrected chi connectivity index (χ1v) is 8.57. The highest BCUT2D eigenvalue weighted by Crippen LogP contribution is 2.15. The van der Waals surface area contributed by atoms with Crippen molar-refractivity contribution in [1.29, 1.82) is 0 Å². The number of H-pyrrole nitrogens is 2. The summed E-state index contributed by atoms with van der Waals surface area (Å²) in [5, 5.41) is 3.19. The molecule has 0 saturated heterocycles. The first-order chi connectivity index (χ1) is 12.1. The molecule has 2 N–H and O–H groups in total. The van der Waals surface area contributed by atoms with E-state index < -0.39 is 0 Å². The van der Waals surface area contributed by atoms with Crippen molar-refractivity contribution in [3.8, 4) is 11.4 Å². The van der Waals surface area contributed by atoms with Crippen LogP contribution < -0.4 is 15.7 Å². The Morgan fingerprint density at radius 3 is 2.48 bits per heavy atom. The summed E-state index contributed by atoms with van der Waals surface area (Å²) < 4.78 is 6.52. The fourth-order valence-electron chi connectivity index (χ4n) is 3.09. The lowest BCUT2D eigenvalue weighted by atomic mass is 10.0. The van der Waals surface area contributed by atoms with E-state index in [1.807, 2.05) is 6.92 Å². The van der Waals surface area contributed by atoms with Crippen LogP contribution in [0.3, 0.4) is 0 Å². The van der Waals surface area contributed by atoms with Crippen LogP contribution in [0, 0.1) is 6.92 Å². The number of nitrogens with one attached hydrogen (secondary N) is 2. The second-order valence-electron chi connectivity index (χ2n) is 6.22. The topological polar surface area (TPSA) is 79.9 Å². The molecule has 25 heavy (non-hydrogen) atoms. The molecule has 2 aromatic heterocycles. The SMILES string of the molecule is CCCCCc1c(C)[nH]c2[nH]n(-c3ccc(OC)cc3)c(=O)c2c1=O. The smallest absolute Gasteiger partial charge is 0.284 e. The van der Waals surface area contributed by atoms with Crippen molar-refractivity contribution in [2.45, 2.75) is 39.5 Å². The van der Waals surface area contributed by atoms with Gasteiger partial charge in [0.05, 0.1) is 12.8 Å². The highest BCUT2D eigenvalue weighted by molar-refractivity contribution is 5.75. The van der Waals surface area contributed by atoms with Gasteiger partial charge in [-0.1, -0.05) is 19.8 Å². The van der Waals surface area contributed by atoms with Crippen LogP contribution in [0.5, 0.6) is 5.75 Å². The molecule has 0 aliphatic rings. The number of ether oxygens (including phenoxy) is 1. The molecule has 0 spiro atoms. The largest absolute Gasteiger partial charge is 0.497 e. The molecule has 1 aromatic carbocycles. The average Bonchev–Trinajstić information content (AvgIpc) is 2.94. The van der Waals surface area contributed by atoms with Crippen molar-refractivity contribution in [3.63, 3.8) is 0 Å². The molecule has 0 bridgehead atoms. The van der Waals surface area contributed by atoms with Crippen LogP contribution in [-0.2, 0) is 6.42 Å². The van der Waals surface area contributed by atoms with Gasteiger partial charge in [0.2, 0.25) is 0 Å². The highest BCUT2D eigenvalue weighted by atomic mass is 16.5. The molecule has 6 nitrogen and oxygen atoms in total. The number of aromatic nitrogens is 3. The molecule has 0 amide bonds. The van der Waals surface area contributed by atoms with Gasteiger partial charge in [-0.15, -0.1) is 0 Å². The van der Waals surface area contributed by atoms with Gasteiger partial charge in [0.1, 0.15) is 16.8 Å². The van der Waals surface area contributed by atoms with E-state index in [1.54, 1.807) is 31.4 Å². The molecule has 6 heteroatoms. The van der Waals surface area contributed by atoms with Crippen molar-refractivity contribution in [1.82, 2.24) is 14.8 Å². The van der Waals surface area contributed by atoms with E-state index in [4.69, 9.17) is 4.74 Å². The number of hydrogen-bond acceptors (Lipinski definition) is 3. The Balaban J connectivity index is 2.11. The fraction of sp³-hybridized carbons (Fsp3) is 0.368. The third-order valence-electron chi connectivity index (χ3n) is 4.52. The number of hydrogen-bond donors (Lipinski definition) is 2. The van der Waals surface area contributed by atoms with Crippen molar-refractivity contribution in [3.05, 3.63) is 56.1 Å². The summed E-state index contributed by atoms with van der Waals surface area (Å²) in [6.07, 6.45) is 3.80. The van der Waals surface area contributed by atoms with Gasteiger partial charge in [-0.25, -0.2) is 4.68 Å². The zero-order valence-corrected chi connectivity index (χ0v) is 14.8. The summed E-state index contributed by atoms with van der Waals surface area (Å²) >= 11 is 0. The minimum absolute atomic E-state index is 0.170. The first kappa shape index (κ1) is 17.1. The van der Waals surface area contributed by atoms with E-state index in [0.29, 0.717) is 29.1 Å². The maximum atomic E-state index is 12.8. The van der Waals surface area contributed by atoms with E-state index in [0.717, 1.165) is 25.0 Å². The Bertz CT molecular complexity index is 994. The number of aromatic amines is 2. The van der Waals surface area contributed by atoms with Crippen LogP contribution in [0.2, 0.25) is 0 Å². The zero-order chi connectivity index (χ0) is 18.0. The van der Waals surface area contributed by atoms with E-state index in [9.17, 15) is 9.59 Å². The van der Waals surface area contributed by atoms with Gasteiger partial charge in [0.15, 0.2) is 5.43 Å². The lowest BCUT2D eigenvalue weighted by Crippen LogP contribution is -2.21. The minimum Gasteiger partial charge on any atom is -0.497 e. The Labute approximate surface area is 145 Å². The molecule has 0 unspecified atom stereocenters. The maximum absolute atomic E-state index is 12.8. The molecule has 0 aliphatic carbocycles. The molecule has 2 heterocycles. The monoisotopic (exact) mass is 341 g/mol. The fourth-order valence-corrected chi connectivity index (χ4v) is 3.09. The van der Waals surface area contributed by atoms with Crippen LogP contribution in [0.1, 0.15) is 37.4 Å². The molecule has 3 aromatic rings. The van der Waals surface area contributed by atoms with Crippen LogP contribution in [0.15, 0.2) is 33.9 Å². The summed E-state index contributed by atoms with van der Waals surface area (Å²) in [5.41, 5.74) is 2.13. The number of methoxy groups -OCH3 is 1. The average molecular weight is 341 g/mol.